The van der Waals surface area contributed by atoms with Gasteiger partial charge in [-0.3, -0.25) is 0 Å². The minimum absolute atomic E-state index is 0.448. The van der Waals surface area contributed by atoms with Crippen LogP contribution in [0, 0.1) is 12.5 Å². The zero-order valence-corrected chi connectivity index (χ0v) is 9.25. The van der Waals surface area contributed by atoms with Gasteiger partial charge in [-0.05, 0) is 19.0 Å². The van der Waals surface area contributed by atoms with Crippen molar-refractivity contribution in [2.45, 2.75) is 6.42 Å². The van der Waals surface area contributed by atoms with Gasteiger partial charge in [0, 0.05) is 13.1 Å². The molecule has 4 nitrogen and oxygen atoms in total. The number of ether oxygens (including phenoxy) is 1. The van der Waals surface area contributed by atoms with Gasteiger partial charge < -0.3 is 9.64 Å². The lowest BCUT2D eigenvalue weighted by atomic mass is 10.1. The van der Waals surface area contributed by atoms with E-state index in [1.807, 2.05) is 0 Å². The number of aromatic nitrogens is 2. The van der Waals surface area contributed by atoms with Gasteiger partial charge in [-0.25, -0.2) is 0 Å². The summed E-state index contributed by atoms with van der Waals surface area (Å²) in [6.45, 7) is 1.94. The van der Waals surface area contributed by atoms with Crippen LogP contribution in [0.25, 0.3) is 5.57 Å². The summed E-state index contributed by atoms with van der Waals surface area (Å²) in [5.41, 5.74) is 1.92. The average molecular weight is 221 g/mol. The van der Waals surface area contributed by atoms with E-state index in [9.17, 15) is 0 Å². The van der Waals surface area contributed by atoms with E-state index in [4.69, 9.17) is 11.2 Å². The third-order valence-corrected chi connectivity index (χ3v) is 2.77. The van der Waals surface area contributed by atoms with Crippen molar-refractivity contribution in [3.63, 3.8) is 0 Å². The lowest BCUT2D eigenvalue weighted by Gasteiger charge is -2.21. The highest BCUT2D eigenvalue weighted by molar-refractivity contribution is 6.99. The van der Waals surface area contributed by atoms with Crippen molar-refractivity contribution in [2.75, 3.05) is 20.1 Å². The van der Waals surface area contributed by atoms with Crippen LogP contribution in [0.5, 0.6) is 5.88 Å². The Morgan fingerprint density at radius 2 is 2.47 bits per heavy atom. The smallest absolute Gasteiger partial charge is 0.269 e. The van der Waals surface area contributed by atoms with Gasteiger partial charge >= 0.3 is 0 Å². The second-order valence-corrected chi connectivity index (χ2v) is 3.92. The molecule has 0 fully saturated rings. The van der Waals surface area contributed by atoms with E-state index in [1.54, 1.807) is 0 Å². The third kappa shape index (κ3) is 2.17. The highest BCUT2D eigenvalue weighted by atomic mass is 32.1. The lowest BCUT2D eigenvalue weighted by Crippen LogP contribution is -2.25. The summed E-state index contributed by atoms with van der Waals surface area (Å²) in [6.07, 6.45) is 10.4. The summed E-state index contributed by atoms with van der Waals surface area (Å²) in [7, 11) is 2.08. The molecule has 0 amide bonds. The lowest BCUT2D eigenvalue weighted by molar-refractivity contribution is 0.372. The van der Waals surface area contributed by atoms with Crippen LogP contribution in [0.4, 0.5) is 0 Å². The van der Waals surface area contributed by atoms with Crippen molar-refractivity contribution >= 4 is 17.3 Å². The van der Waals surface area contributed by atoms with Crippen LogP contribution in [-0.4, -0.2) is 33.8 Å². The number of nitrogens with zero attached hydrogens (tertiary/aromatic N) is 3. The van der Waals surface area contributed by atoms with E-state index < -0.39 is 0 Å². The fraction of sp³-hybridized carbons (Fsp3) is 0.400. The van der Waals surface area contributed by atoms with Crippen molar-refractivity contribution in [3.8, 4) is 18.4 Å². The zero-order chi connectivity index (χ0) is 10.7. The first-order valence-corrected chi connectivity index (χ1v) is 5.37. The molecule has 0 N–H and O–H groups in total. The van der Waals surface area contributed by atoms with E-state index in [1.165, 1.54) is 0 Å². The standard InChI is InChI=1S/C10H11N3OS/c1-3-14-10-9(11-15-12-10)8-5-4-6-13(2)7-8/h1,5H,4,6-7H2,2H3. The van der Waals surface area contributed by atoms with Crippen molar-refractivity contribution in [1.29, 1.82) is 0 Å². The Bertz CT molecular complexity index is 419. The van der Waals surface area contributed by atoms with E-state index in [0.29, 0.717) is 5.88 Å². The summed E-state index contributed by atoms with van der Waals surface area (Å²) in [5, 5.41) is 0. The molecule has 0 aromatic carbocycles. The van der Waals surface area contributed by atoms with Crippen LogP contribution in [0.1, 0.15) is 12.1 Å². The molecule has 0 saturated carbocycles. The molecule has 0 atom stereocenters. The van der Waals surface area contributed by atoms with Crippen molar-refractivity contribution in [2.24, 2.45) is 0 Å². The highest BCUT2D eigenvalue weighted by Crippen LogP contribution is 2.26. The highest BCUT2D eigenvalue weighted by Gasteiger charge is 2.18. The molecule has 5 heteroatoms. The second kappa shape index (κ2) is 4.43. The molecule has 0 bridgehead atoms. The van der Waals surface area contributed by atoms with Crippen LogP contribution in [-0.2, 0) is 0 Å². The number of hydrogen-bond acceptors (Lipinski definition) is 5. The molecule has 0 unspecified atom stereocenters. The first kappa shape index (κ1) is 10.1. The molecule has 0 spiro atoms. The molecule has 1 aromatic rings. The monoisotopic (exact) mass is 221 g/mol. The van der Waals surface area contributed by atoms with Gasteiger partial charge in [-0.1, -0.05) is 12.5 Å². The molecule has 0 radical (unpaired) electrons. The number of hydrogen-bond donors (Lipinski definition) is 0. The number of likely N-dealkylation sites (N-methyl/N-ethyl adjacent to an activating group) is 1. The van der Waals surface area contributed by atoms with Crippen LogP contribution >= 0.6 is 11.7 Å². The molecule has 0 saturated heterocycles. The molecule has 2 heterocycles. The SMILES string of the molecule is C#COc1nsnc1C1=CCCN(C)C1. The van der Waals surface area contributed by atoms with Crippen LogP contribution < -0.4 is 4.74 Å². The molecule has 15 heavy (non-hydrogen) atoms. The largest absolute Gasteiger partial charge is 0.384 e. The minimum atomic E-state index is 0.448. The van der Waals surface area contributed by atoms with Crippen LogP contribution in [0.15, 0.2) is 6.08 Å². The Kier molecular flexibility index (Phi) is 2.99. The average Bonchev–Trinajstić information content (AvgIpc) is 2.66. The fourth-order valence-electron chi connectivity index (χ4n) is 1.56. The maximum Gasteiger partial charge on any atom is 0.269 e. The maximum absolute atomic E-state index is 5.08. The van der Waals surface area contributed by atoms with Gasteiger partial charge in [0.25, 0.3) is 5.88 Å². The van der Waals surface area contributed by atoms with Gasteiger partial charge in [0.2, 0.25) is 0 Å². The third-order valence-electron chi connectivity index (χ3n) is 2.26. The van der Waals surface area contributed by atoms with E-state index in [0.717, 1.165) is 42.5 Å². The van der Waals surface area contributed by atoms with Crippen molar-refractivity contribution in [3.05, 3.63) is 11.8 Å². The molecular weight excluding hydrogens is 210 g/mol. The summed E-state index contributed by atoms with van der Waals surface area (Å²) in [5.74, 6) is 0.448. The summed E-state index contributed by atoms with van der Waals surface area (Å²) < 4.78 is 13.2. The predicted molar refractivity (Wildman–Crippen MR) is 59.5 cm³/mol. The van der Waals surface area contributed by atoms with Gasteiger partial charge in [-0.15, -0.1) is 4.37 Å². The zero-order valence-electron chi connectivity index (χ0n) is 8.43. The van der Waals surface area contributed by atoms with Crippen molar-refractivity contribution in [1.82, 2.24) is 13.6 Å². The summed E-state index contributed by atoms with van der Waals surface area (Å²) in [6, 6.07) is 0. The normalized spacial score (nSPS) is 16.9. The van der Waals surface area contributed by atoms with Gasteiger partial charge in [0.05, 0.1) is 11.7 Å². The van der Waals surface area contributed by atoms with E-state index in [-0.39, 0.29) is 0 Å². The topological polar surface area (TPSA) is 38.3 Å². The van der Waals surface area contributed by atoms with Crippen molar-refractivity contribution < 1.29 is 4.74 Å². The summed E-state index contributed by atoms with van der Waals surface area (Å²) >= 11 is 1.12. The molecule has 1 aliphatic rings. The first-order chi connectivity index (χ1) is 7.31. The quantitative estimate of drug-likeness (QED) is 0.704. The maximum atomic E-state index is 5.08. The molecule has 1 aliphatic heterocycles. The van der Waals surface area contributed by atoms with E-state index >= 15 is 0 Å². The Balaban J connectivity index is 2.25. The number of terminal acetylenes is 1. The molecule has 2 rings (SSSR count). The minimum Gasteiger partial charge on any atom is -0.384 e. The fourth-order valence-corrected chi connectivity index (χ4v) is 2.08. The molecule has 1 aromatic heterocycles. The number of rotatable bonds is 2. The predicted octanol–water partition coefficient (Wildman–Crippen LogP) is 1.23. The van der Waals surface area contributed by atoms with Gasteiger partial charge in [0.1, 0.15) is 11.8 Å². The van der Waals surface area contributed by atoms with Gasteiger partial charge in [0.15, 0.2) is 0 Å². The Labute approximate surface area is 92.9 Å². The Hall–Kier alpha value is -1.38. The van der Waals surface area contributed by atoms with Crippen LogP contribution in [0.3, 0.4) is 0 Å². The Morgan fingerprint density at radius 1 is 1.60 bits per heavy atom. The molecule has 78 valence electrons. The van der Waals surface area contributed by atoms with Crippen LogP contribution in [0.2, 0.25) is 0 Å². The Morgan fingerprint density at radius 3 is 3.20 bits per heavy atom. The van der Waals surface area contributed by atoms with E-state index in [2.05, 4.69) is 32.9 Å². The first-order valence-electron chi connectivity index (χ1n) is 4.64. The van der Waals surface area contributed by atoms with Gasteiger partial charge in [-0.2, -0.15) is 4.37 Å². The second-order valence-electron chi connectivity index (χ2n) is 3.39. The molecular formula is C10H11N3OS. The summed E-state index contributed by atoms with van der Waals surface area (Å²) in [4.78, 5) is 2.23. The molecule has 0 aliphatic carbocycles.